The number of anilines is 1. The van der Waals surface area contributed by atoms with Gasteiger partial charge in [-0.15, -0.1) is 22.6 Å². The average Bonchev–Trinajstić information content (AvgIpc) is 3.47. The van der Waals surface area contributed by atoms with Crippen molar-refractivity contribution < 1.29 is 13.2 Å². The van der Waals surface area contributed by atoms with E-state index in [1.807, 2.05) is 6.07 Å². The van der Waals surface area contributed by atoms with Crippen molar-refractivity contribution in [3.63, 3.8) is 0 Å². The first-order valence-electron chi connectivity index (χ1n) is 8.51. The summed E-state index contributed by atoms with van der Waals surface area (Å²) in [6.45, 7) is 3.88. The molecule has 0 amide bonds. The van der Waals surface area contributed by atoms with Crippen LogP contribution in [0.25, 0.3) is 11.3 Å². The Morgan fingerprint density at radius 3 is 2.23 bits per heavy atom. The lowest BCUT2D eigenvalue weighted by atomic mass is 10.1. The van der Waals surface area contributed by atoms with Crippen molar-refractivity contribution in [2.45, 2.75) is 25.1 Å². The highest BCUT2D eigenvalue weighted by atomic mass is 35.5. The maximum Gasteiger partial charge on any atom is 0.416 e. The molecule has 0 unspecified atom stereocenters. The summed E-state index contributed by atoms with van der Waals surface area (Å²) in [6.07, 6.45) is -1.73. The number of nitrogens with zero attached hydrogens (tertiary/aromatic N) is 4. The van der Waals surface area contributed by atoms with Gasteiger partial charge in [-0.05, 0) is 37.1 Å². The Bertz CT molecular complexity index is 739. The molecule has 1 saturated heterocycles. The van der Waals surface area contributed by atoms with Crippen molar-refractivity contribution in [3.8, 4) is 11.3 Å². The Kier molecular flexibility index (Phi) is 5.39. The molecule has 1 aromatic carbocycles. The van der Waals surface area contributed by atoms with Gasteiger partial charge >= 0.3 is 6.18 Å². The summed E-state index contributed by atoms with van der Waals surface area (Å²) in [4.78, 5) is 4.70. The van der Waals surface area contributed by atoms with Crippen molar-refractivity contribution >= 4 is 18.2 Å². The van der Waals surface area contributed by atoms with Crippen LogP contribution in [0, 0.1) is 0 Å². The second kappa shape index (κ2) is 7.40. The fraction of sp³-hybridized carbons (Fsp3) is 0.444. The van der Waals surface area contributed by atoms with Gasteiger partial charge in [0.2, 0.25) is 0 Å². The van der Waals surface area contributed by atoms with Crippen LogP contribution in [0.1, 0.15) is 18.4 Å². The molecule has 1 aromatic heterocycles. The molecular formula is C18H20ClF3N4. The molecule has 140 valence electrons. The molecule has 1 aliphatic carbocycles. The van der Waals surface area contributed by atoms with Crippen molar-refractivity contribution in [3.05, 3.63) is 42.0 Å². The Balaban J connectivity index is 0.00000196. The standard InChI is InChI=1S/C18H19F3N4.ClH/c19-18(20,21)14-3-1-2-13(12-14)16-6-7-17(23-22-16)25-10-8-24(9-11-25)15-4-5-15;/h1-3,6-7,12,15H,4-5,8-11H2;1H. The first-order chi connectivity index (χ1) is 12.0. The van der Waals surface area contributed by atoms with Gasteiger partial charge in [0.15, 0.2) is 5.82 Å². The van der Waals surface area contributed by atoms with Gasteiger partial charge in [-0.3, -0.25) is 4.90 Å². The minimum absolute atomic E-state index is 0. The molecule has 1 saturated carbocycles. The fourth-order valence-corrected chi connectivity index (χ4v) is 3.26. The number of aromatic nitrogens is 2. The zero-order valence-corrected chi connectivity index (χ0v) is 14.9. The van der Waals surface area contributed by atoms with Gasteiger partial charge in [0.05, 0.1) is 11.3 Å². The Morgan fingerprint density at radius 2 is 1.65 bits per heavy atom. The summed E-state index contributed by atoms with van der Waals surface area (Å²) >= 11 is 0. The number of piperazine rings is 1. The summed E-state index contributed by atoms with van der Waals surface area (Å²) in [6, 6.07) is 9.54. The monoisotopic (exact) mass is 384 g/mol. The van der Waals surface area contributed by atoms with Crippen molar-refractivity contribution in [1.29, 1.82) is 0 Å². The minimum atomic E-state index is -4.36. The number of rotatable bonds is 3. The van der Waals surface area contributed by atoms with Crippen LogP contribution in [0.4, 0.5) is 19.0 Å². The van der Waals surface area contributed by atoms with Crippen LogP contribution >= 0.6 is 12.4 Å². The minimum Gasteiger partial charge on any atom is -0.353 e. The molecule has 2 fully saturated rings. The summed E-state index contributed by atoms with van der Waals surface area (Å²) in [5.74, 6) is 0.783. The van der Waals surface area contributed by atoms with Gasteiger partial charge in [0, 0.05) is 37.8 Å². The molecule has 26 heavy (non-hydrogen) atoms. The second-order valence-electron chi connectivity index (χ2n) is 6.61. The number of hydrogen-bond donors (Lipinski definition) is 0. The fourth-order valence-electron chi connectivity index (χ4n) is 3.26. The lowest BCUT2D eigenvalue weighted by Crippen LogP contribution is -2.47. The molecule has 1 aliphatic heterocycles. The highest BCUT2D eigenvalue weighted by molar-refractivity contribution is 5.85. The molecule has 0 radical (unpaired) electrons. The third-order valence-corrected chi connectivity index (χ3v) is 4.84. The largest absolute Gasteiger partial charge is 0.416 e. The maximum atomic E-state index is 12.8. The quantitative estimate of drug-likeness (QED) is 0.804. The van der Waals surface area contributed by atoms with Crippen LogP contribution in [0.3, 0.4) is 0 Å². The van der Waals surface area contributed by atoms with Gasteiger partial charge < -0.3 is 4.90 Å². The third-order valence-electron chi connectivity index (χ3n) is 4.84. The lowest BCUT2D eigenvalue weighted by Gasteiger charge is -2.35. The SMILES string of the molecule is Cl.FC(F)(F)c1cccc(-c2ccc(N3CCN(C4CC4)CC3)nn2)c1. The predicted molar refractivity (Wildman–Crippen MR) is 96.5 cm³/mol. The molecule has 0 N–H and O–H groups in total. The van der Waals surface area contributed by atoms with Gasteiger partial charge in [0.1, 0.15) is 0 Å². The highest BCUT2D eigenvalue weighted by Crippen LogP contribution is 2.32. The molecule has 2 aromatic rings. The number of halogens is 4. The first-order valence-corrected chi connectivity index (χ1v) is 8.51. The number of hydrogen-bond acceptors (Lipinski definition) is 4. The predicted octanol–water partition coefficient (Wildman–Crippen LogP) is 3.87. The Hall–Kier alpha value is -1.86. The van der Waals surface area contributed by atoms with Gasteiger partial charge in [-0.25, -0.2) is 0 Å². The van der Waals surface area contributed by atoms with E-state index in [2.05, 4.69) is 20.0 Å². The number of benzene rings is 1. The third kappa shape index (κ3) is 4.10. The van der Waals surface area contributed by atoms with Crippen LogP contribution in [0.5, 0.6) is 0 Å². The maximum absolute atomic E-state index is 12.8. The molecule has 2 aliphatic rings. The van der Waals surface area contributed by atoms with Crippen molar-refractivity contribution in [2.75, 3.05) is 31.1 Å². The molecule has 8 heteroatoms. The zero-order chi connectivity index (χ0) is 17.4. The van der Waals surface area contributed by atoms with Crippen LogP contribution in [0.2, 0.25) is 0 Å². The van der Waals surface area contributed by atoms with Crippen LogP contribution in [-0.2, 0) is 6.18 Å². The van der Waals surface area contributed by atoms with Crippen LogP contribution in [-0.4, -0.2) is 47.3 Å². The number of alkyl halides is 3. The second-order valence-corrected chi connectivity index (χ2v) is 6.61. The highest BCUT2D eigenvalue weighted by Gasteiger charge is 2.32. The van der Waals surface area contributed by atoms with Gasteiger partial charge in [-0.1, -0.05) is 12.1 Å². The average molecular weight is 385 g/mol. The molecule has 0 atom stereocenters. The molecular weight excluding hydrogens is 365 g/mol. The first kappa shape index (κ1) is 18.9. The van der Waals surface area contributed by atoms with E-state index in [0.29, 0.717) is 11.3 Å². The van der Waals surface area contributed by atoms with Crippen LogP contribution < -0.4 is 4.90 Å². The van der Waals surface area contributed by atoms with Crippen LogP contribution in [0.15, 0.2) is 36.4 Å². The van der Waals surface area contributed by atoms with Gasteiger partial charge in [-0.2, -0.15) is 13.2 Å². The van der Waals surface area contributed by atoms with E-state index in [-0.39, 0.29) is 12.4 Å². The van der Waals surface area contributed by atoms with E-state index >= 15 is 0 Å². The van der Waals surface area contributed by atoms with E-state index in [9.17, 15) is 13.2 Å². The molecule has 0 spiro atoms. The molecule has 2 heterocycles. The molecule has 0 bridgehead atoms. The molecule has 4 nitrogen and oxygen atoms in total. The summed E-state index contributed by atoms with van der Waals surface area (Å²) in [7, 11) is 0. The Morgan fingerprint density at radius 1 is 0.923 bits per heavy atom. The van der Waals surface area contributed by atoms with E-state index in [4.69, 9.17) is 0 Å². The zero-order valence-electron chi connectivity index (χ0n) is 14.1. The Labute approximate surface area is 156 Å². The summed E-state index contributed by atoms with van der Waals surface area (Å²) in [5.41, 5.74) is 0.200. The van der Waals surface area contributed by atoms with E-state index in [0.717, 1.165) is 50.2 Å². The topological polar surface area (TPSA) is 32.3 Å². The molecule has 4 rings (SSSR count). The summed E-state index contributed by atoms with van der Waals surface area (Å²) < 4.78 is 38.5. The van der Waals surface area contributed by atoms with Crippen molar-refractivity contribution in [2.24, 2.45) is 0 Å². The van der Waals surface area contributed by atoms with E-state index in [1.54, 1.807) is 12.1 Å². The van der Waals surface area contributed by atoms with E-state index in [1.165, 1.54) is 18.9 Å². The lowest BCUT2D eigenvalue weighted by molar-refractivity contribution is -0.137. The smallest absolute Gasteiger partial charge is 0.353 e. The normalized spacial score (nSPS) is 18.5. The van der Waals surface area contributed by atoms with Gasteiger partial charge in [0.25, 0.3) is 0 Å². The summed E-state index contributed by atoms with van der Waals surface area (Å²) in [5, 5.41) is 8.37. The van der Waals surface area contributed by atoms with E-state index < -0.39 is 11.7 Å². The van der Waals surface area contributed by atoms with Crippen molar-refractivity contribution in [1.82, 2.24) is 15.1 Å².